The second-order valence-electron chi connectivity index (χ2n) is 5.21. The first kappa shape index (κ1) is 16.6. The van der Waals surface area contributed by atoms with Gasteiger partial charge < -0.3 is 0 Å². The molecule has 0 unspecified atom stereocenters. The van der Waals surface area contributed by atoms with Crippen LogP contribution in [0.4, 0.5) is 10.7 Å². The van der Waals surface area contributed by atoms with Crippen LogP contribution in [0.5, 0.6) is 0 Å². The fourth-order valence-corrected chi connectivity index (χ4v) is 2.82. The number of hydrogen-bond donors (Lipinski definition) is 2. The molecule has 0 aliphatic rings. The van der Waals surface area contributed by atoms with Crippen molar-refractivity contribution >= 4 is 33.3 Å². The van der Waals surface area contributed by atoms with Crippen LogP contribution >= 0.6 is 11.5 Å². The van der Waals surface area contributed by atoms with Crippen LogP contribution in [0.2, 0.25) is 0 Å². The molecule has 0 radical (unpaired) electrons. The van der Waals surface area contributed by atoms with Gasteiger partial charge in [-0.25, -0.2) is 9.97 Å². The minimum atomic E-state index is -0.597. The van der Waals surface area contributed by atoms with Crippen molar-refractivity contribution in [1.82, 2.24) is 19.3 Å². The Labute approximate surface area is 154 Å². The van der Waals surface area contributed by atoms with E-state index in [1.165, 1.54) is 18.5 Å². The van der Waals surface area contributed by atoms with Crippen LogP contribution in [-0.2, 0) is 0 Å². The third kappa shape index (κ3) is 3.43. The zero-order valence-corrected chi connectivity index (χ0v) is 14.3. The molecule has 27 heavy (non-hydrogen) atoms. The lowest BCUT2D eigenvalue weighted by atomic mass is 10.3. The molecule has 0 aliphatic heterocycles. The first-order chi connectivity index (χ1) is 13.2. The summed E-state index contributed by atoms with van der Waals surface area (Å²) in [6.07, 6.45) is 6.10. The van der Waals surface area contributed by atoms with E-state index in [4.69, 9.17) is 0 Å². The van der Waals surface area contributed by atoms with Gasteiger partial charge in [0.15, 0.2) is 10.4 Å². The standard InChI is InChI=1S/C16H10N8O2S/c25-12-2-1-10(15(26)14(12)22-20-9-3-5-17-6-4-9)21-23-16-13-11(24-27-16)7-18-8-19-13/h1-8,23H,(H,17,20). The van der Waals surface area contributed by atoms with Crippen LogP contribution < -0.4 is 32.4 Å². The fourth-order valence-electron chi connectivity index (χ4n) is 2.17. The minimum absolute atomic E-state index is 0.0421. The molecule has 0 spiro atoms. The third-order valence-electron chi connectivity index (χ3n) is 3.47. The molecule has 3 heterocycles. The van der Waals surface area contributed by atoms with Crippen molar-refractivity contribution in [1.29, 1.82) is 0 Å². The molecule has 1 aromatic carbocycles. The molecule has 3 aromatic heterocycles. The van der Waals surface area contributed by atoms with Crippen LogP contribution in [0.25, 0.3) is 11.0 Å². The van der Waals surface area contributed by atoms with E-state index >= 15 is 0 Å². The highest BCUT2D eigenvalue weighted by atomic mass is 32.1. The number of nitrogens with zero attached hydrogens (tertiary/aromatic N) is 6. The molecule has 0 saturated carbocycles. The Morgan fingerprint density at radius 1 is 0.963 bits per heavy atom. The Morgan fingerprint density at radius 3 is 2.67 bits per heavy atom. The van der Waals surface area contributed by atoms with E-state index in [0.717, 1.165) is 11.5 Å². The van der Waals surface area contributed by atoms with Crippen LogP contribution in [0.15, 0.2) is 69.0 Å². The van der Waals surface area contributed by atoms with E-state index in [9.17, 15) is 9.59 Å². The molecule has 0 bridgehead atoms. The first-order valence-electron chi connectivity index (χ1n) is 7.62. The highest BCUT2D eigenvalue weighted by Crippen LogP contribution is 2.24. The number of rotatable bonds is 4. The van der Waals surface area contributed by atoms with Gasteiger partial charge in [-0.05, 0) is 35.8 Å². The van der Waals surface area contributed by atoms with Crippen molar-refractivity contribution in [3.8, 4) is 0 Å². The molecule has 0 amide bonds. The van der Waals surface area contributed by atoms with Gasteiger partial charge in [-0.15, -0.1) is 0 Å². The van der Waals surface area contributed by atoms with E-state index < -0.39 is 10.9 Å². The van der Waals surface area contributed by atoms with Gasteiger partial charge in [0.1, 0.15) is 22.7 Å². The van der Waals surface area contributed by atoms with Gasteiger partial charge >= 0.3 is 0 Å². The molecule has 132 valence electrons. The number of aromatic nitrogens is 4. The molecule has 4 aromatic rings. The van der Waals surface area contributed by atoms with Crippen LogP contribution in [-0.4, -0.2) is 19.3 Å². The van der Waals surface area contributed by atoms with Crippen LogP contribution in [0, 0.1) is 0 Å². The quantitative estimate of drug-likeness (QED) is 0.471. The maximum Gasteiger partial charge on any atom is 0.237 e. The molecular formula is C16H10N8O2S. The smallest absolute Gasteiger partial charge is 0.237 e. The summed E-state index contributed by atoms with van der Waals surface area (Å²) in [5.41, 5.74) is 6.14. The van der Waals surface area contributed by atoms with Crippen LogP contribution in [0.1, 0.15) is 0 Å². The summed E-state index contributed by atoms with van der Waals surface area (Å²) in [6.45, 7) is 0. The molecule has 4 rings (SSSR count). The Hall–Kier alpha value is -3.86. The van der Waals surface area contributed by atoms with Crippen molar-refractivity contribution in [2.24, 2.45) is 10.2 Å². The van der Waals surface area contributed by atoms with Gasteiger partial charge in [0.25, 0.3) is 0 Å². The van der Waals surface area contributed by atoms with Gasteiger partial charge in [-0.3, -0.25) is 25.4 Å². The van der Waals surface area contributed by atoms with E-state index in [2.05, 4.69) is 40.4 Å². The Bertz CT molecular complexity index is 1330. The molecule has 10 nitrogen and oxygen atoms in total. The maximum atomic E-state index is 12.5. The van der Waals surface area contributed by atoms with Crippen molar-refractivity contribution in [3.05, 3.63) is 80.3 Å². The lowest BCUT2D eigenvalue weighted by Crippen LogP contribution is -2.47. The molecule has 0 saturated heterocycles. The minimum Gasteiger partial charge on any atom is -0.287 e. The topological polar surface area (TPSA) is 134 Å². The van der Waals surface area contributed by atoms with Gasteiger partial charge in [0.05, 0.1) is 11.9 Å². The van der Waals surface area contributed by atoms with Crippen molar-refractivity contribution in [2.45, 2.75) is 0 Å². The van der Waals surface area contributed by atoms with Crippen molar-refractivity contribution < 1.29 is 0 Å². The number of pyridine rings is 1. The summed E-state index contributed by atoms with van der Waals surface area (Å²) in [5.74, 6) is 0. The Balaban J connectivity index is 1.71. The van der Waals surface area contributed by atoms with E-state index in [-0.39, 0.29) is 10.7 Å². The molecule has 2 N–H and O–H groups in total. The largest absolute Gasteiger partial charge is 0.287 e. The summed E-state index contributed by atoms with van der Waals surface area (Å²) >= 11 is 1.14. The van der Waals surface area contributed by atoms with E-state index in [1.54, 1.807) is 30.7 Å². The summed E-state index contributed by atoms with van der Waals surface area (Å²) < 4.78 is 4.18. The fraction of sp³-hybridized carbons (Fsp3) is 0. The second kappa shape index (κ2) is 7.17. The Kier molecular flexibility index (Phi) is 4.41. The normalized spacial score (nSPS) is 12.4. The van der Waals surface area contributed by atoms with Gasteiger partial charge in [-0.1, -0.05) is 0 Å². The van der Waals surface area contributed by atoms with E-state index in [1.807, 2.05) is 0 Å². The monoisotopic (exact) mass is 378 g/mol. The second-order valence-corrected chi connectivity index (χ2v) is 5.99. The number of hydrogen-bond acceptors (Lipinski definition) is 11. The van der Waals surface area contributed by atoms with Gasteiger partial charge in [-0.2, -0.15) is 14.6 Å². The maximum absolute atomic E-state index is 12.5. The van der Waals surface area contributed by atoms with Crippen molar-refractivity contribution in [3.63, 3.8) is 0 Å². The summed E-state index contributed by atoms with van der Waals surface area (Å²) in [7, 11) is 0. The first-order valence-corrected chi connectivity index (χ1v) is 8.39. The highest BCUT2D eigenvalue weighted by molar-refractivity contribution is 7.11. The molecular weight excluding hydrogens is 368 g/mol. The van der Waals surface area contributed by atoms with Gasteiger partial charge in [0.2, 0.25) is 10.9 Å². The highest BCUT2D eigenvalue weighted by Gasteiger charge is 2.06. The zero-order chi connectivity index (χ0) is 18.6. The number of anilines is 2. The molecule has 0 atom stereocenters. The van der Waals surface area contributed by atoms with Gasteiger partial charge in [0, 0.05) is 12.4 Å². The average Bonchev–Trinajstić information content (AvgIpc) is 3.11. The summed E-state index contributed by atoms with van der Waals surface area (Å²) in [6, 6.07) is 5.89. The lowest BCUT2D eigenvalue weighted by molar-refractivity contribution is 1.11. The summed E-state index contributed by atoms with van der Waals surface area (Å²) in [5, 5.41) is 8.32. The zero-order valence-electron chi connectivity index (χ0n) is 13.5. The predicted octanol–water partition coefficient (Wildman–Crippen LogP) is -0.0671. The SMILES string of the molecule is O=c1ccc(=NNc2snc3cncnc23)c(=O)c1=NNc1ccncc1. The van der Waals surface area contributed by atoms with Crippen molar-refractivity contribution in [2.75, 3.05) is 10.9 Å². The lowest BCUT2D eigenvalue weighted by Gasteiger charge is -1.97. The molecule has 0 aliphatic carbocycles. The third-order valence-corrected chi connectivity index (χ3v) is 4.23. The summed E-state index contributed by atoms with van der Waals surface area (Å²) in [4.78, 5) is 36.4. The van der Waals surface area contributed by atoms with E-state index in [0.29, 0.717) is 21.7 Å². The number of nitrogens with one attached hydrogen (secondary N) is 2. The number of fused-ring (bicyclic) bond motifs is 1. The molecule has 11 heteroatoms. The predicted molar refractivity (Wildman–Crippen MR) is 99.2 cm³/mol. The van der Waals surface area contributed by atoms with Crippen LogP contribution in [0.3, 0.4) is 0 Å². The number of benzene rings is 1. The average molecular weight is 378 g/mol. The molecule has 0 fully saturated rings. The Morgan fingerprint density at radius 2 is 1.81 bits per heavy atom.